The van der Waals surface area contributed by atoms with Crippen molar-refractivity contribution in [2.45, 2.75) is 0 Å². The highest BCUT2D eigenvalue weighted by Gasteiger charge is 2.09. The number of carboxylic acid groups (broad SMARTS) is 1. The highest BCUT2D eigenvalue weighted by Crippen LogP contribution is 2.25. The van der Waals surface area contributed by atoms with Gasteiger partial charge in [-0.3, -0.25) is 0 Å². The number of aromatic carboxylic acids is 1. The Balaban J connectivity index is 3.68. The SMILES string of the molecule is [2H]c1c([2H])c(Cl)c(Cl)c([13C](=O)O)c1[2H]. The van der Waals surface area contributed by atoms with E-state index in [1.165, 1.54) is 0 Å². The minimum Gasteiger partial charge on any atom is -0.478 e. The number of benzene rings is 1. The van der Waals surface area contributed by atoms with Gasteiger partial charge in [-0.15, -0.1) is 0 Å². The Morgan fingerprint density at radius 1 is 1.55 bits per heavy atom. The molecule has 0 aliphatic carbocycles. The van der Waals surface area contributed by atoms with Crippen molar-refractivity contribution < 1.29 is 14.0 Å². The lowest BCUT2D eigenvalue weighted by Crippen LogP contribution is -1.96. The topological polar surface area (TPSA) is 37.3 Å². The maximum atomic E-state index is 10.7. The largest absolute Gasteiger partial charge is 0.478 e. The smallest absolute Gasteiger partial charge is 0.337 e. The molecule has 0 heterocycles. The van der Waals surface area contributed by atoms with Gasteiger partial charge in [-0.25, -0.2) is 4.79 Å². The van der Waals surface area contributed by atoms with Gasteiger partial charge in [0.2, 0.25) is 0 Å². The molecule has 11 heavy (non-hydrogen) atoms. The van der Waals surface area contributed by atoms with Gasteiger partial charge in [0.05, 0.1) is 19.7 Å². The molecule has 1 rings (SSSR count). The zero-order valence-corrected chi connectivity index (χ0v) is 6.62. The Morgan fingerprint density at radius 2 is 2.18 bits per heavy atom. The van der Waals surface area contributed by atoms with Crippen molar-refractivity contribution in [2.24, 2.45) is 0 Å². The maximum Gasteiger partial charge on any atom is 0.337 e. The van der Waals surface area contributed by atoms with E-state index in [1.807, 2.05) is 0 Å². The molecule has 0 bridgehead atoms. The summed E-state index contributed by atoms with van der Waals surface area (Å²) < 4.78 is 21.8. The first kappa shape index (κ1) is 5.01. The Kier molecular flexibility index (Phi) is 1.42. The maximum absolute atomic E-state index is 10.7. The predicted octanol–water partition coefficient (Wildman–Crippen LogP) is 2.69. The molecule has 0 amide bonds. The lowest BCUT2D eigenvalue weighted by molar-refractivity contribution is 0.0697. The molecule has 0 aliphatic rings. The van der Waals surface area contributed by atoms with Crippen molar-refractivity contribution in [1.29, 1.82) is 0 Å². The fraction of sp³-hybridized carbons (Fsp3) is 0. The molecule has 1 aromatic carbocycles. The van der Waals surface area contributed by atoms with E-state index in [1.54, 1.807) is 0 Å². The first-order valence-corrected chi connectivity index (χ1v) is 3.31. The second kappa shape index (κ2) is 3.11. The molecule has 0 spiro atoms. The van der Waals surface area contributed by atoms with E-state index < -0.39 is 29.7 Å². The molecular formula is C7H4Cl2O2. The van der Waals surface area contributed by atoms with Crippen molar-refractivity contribution in [3.05, 3.63) is 33.7 Å². The number of rotatable bonds is 1. The van der Waals surface area contributed by atoms with E-state index >= 15 is 0 Å². The summed E-state index contributed by atoms with van der Waals surface area (Å²) in [6, 6.07) is -1.58. The van der Waals surface area contributed by atoms with Gasteiger partial charge in [-0.05, 0) is 12.1 Å². The lowest BCUT2D eigenvalue weighted by Gasteiger charge is -1.98. The fourth-order valence-corrected chi connectivity index (χ4v) is 0.833. The van der Waals surface area contributed by atoms with Crippen LogP contribution in [0.5, 0.6) is 0 Å². The van der Waals surface area contributed by atoms with Gasteiger partial charge < -0.3 is 5.11 Å². The van der Waals surface area contributed by atoms with Gasteiger partial charge in [0.25, 0.3) is 0 Å². The van der Waals surface area contributed by atoms with Crippen LogP contribution in [-0.4, -0.2) is 11.1 Å². The summed E-state index contributed by atoms with van der Waals surface area (Å²) in [5.74, 6) is -1.43. The Labute approximate surface area is 77.6 Å². The average Bonchev–Trinajstić information content (AvgIpc) is 2.11. The van der Waals surface area contributed by atoms with Gasteiger partial charge >= 0.3 is 5.97 Å². The molecule has 0 aromatic heterocycles. The molecule has 0 aliphatic heterocycles. The second-order valence-electron chi connectivity index (χ2n) is 1.68. The third-order valence-corrected chi connectivity index (χ3v) is 1.74. The second-order valence-corrected chi connectivity index (χ2v) is 2.44. The monoisotopic (exact) mass is 194 g/mol. The highest BCUT2D eigenvalue weighted by atomic mass is 35.5. The van der Waals surface area contributed by atoms with Crippen LogP contribution in [0.2, 0.25) is 10.0 Å². The molecule has 0 unspecified atom stereocenters. The third-order valence-electron chi connectivity index (χ3n) is 0.986. The summed E-state index contributed by atoms with van der Waals surface area (Å²) >= 11 is 11.1. The van der Waals surface area contributed by atoms with Gasteiger partial charge in [-0.1, -0.05) is 29.2 Å². The summed E-state index contributed by atoms with van der Waals surface area (Å²) in [7, 11) is 0. The molecule has 2 nitrogen and oxygen atoms in total. The van der Waals surface area contributed by atoms with Crippen LogP contribution < -0.4 is 0 Å². The van der Waals surface area contributed by atoms with Gasteiger partial charge in [-0.2, -0.15) is 0 Å². The van der Waals surface area contributed by atoms with Crippen LogP contribution in [0, 0.1) is 0 Å². The van der Waals surface area contributed by atoms with Crippen LogP contribution in [0.25, 0.3) is 0 Å². The lowest BCUT2D eigenvalue weighted by atomic mass is 10.3. The van der Waals surface area contributed by atoms with Gasteiger partial charge in [0, 0.05) is 0 Å². The standard InChI is InChI=1S/C7H4Cl2O2/c8-5-3-1-2-4(6(5)9)7(10)11/h1-3H,(H,10,11)/i1D,2D,3D,7+1. The Morgan fingerprint density at radius 3 is 2.73 bits per heavy atom. The number of halogens is 2. The molecule has 0 atom stereocenters. The van der Waals surface area contributed by atoms with Crippen molar-refractivity contribution in [3.8, 4) is 0 Å². The van der Waals surface area contributed by atoms with Crippen LogP contribution >= 0.6 is 23.2 Å². The van der Waals surface area contributed by atoms with Crippen molar-refractivity contribution >= 4 is 29.2 Å². The minimum atomic E-state index is -1.43. The van der Waals surface area contributed by atoms with Crippen LogP contribution in [0.15, 0.2) is 18.1 Å². The van der Waals surface area contributed by atoms with Crippen molar-refractivity contribution in [1.82, 2.24) is 0 Å². The number of carboxylic acids is 1. The number of hydrogen-bond acceptors (Lipinski definition) is 1. The van der Waals surface area contributed by atoms with Gasteiger partial charge in [0.15, 0.2) is 0 Å². The normalized spacial score (nSPS) is 13.5. The van der Waals surface area contributed by atoms with Crippen molar-refractivity contribution in [2.75, 3.05) is 0 Å². The fourth-order valence-electron chi connectivity index (χ4n) is 0.515. The minimum absolute atomic E-state index is 0.315. The summed E-state index contributed by atoms with van der Waals surface area (Å²) in [5.41, 5.74) is -0.544. The molecule has 0 saturated heterocycles. The average molecular weight is 195 g/mol. The zero-order chi connectivity index (χ0) is 11.0. The molecule has 58 valence electrons. The van der Waals surface area contributed by atoms with Crippen LogP contribution in [-0.2, 0) is 0 Å². The third kappa shape index (κ3) is 1.64. The van der Waals surface area contributed by atoms with E-state index in [0.29, 0.717) is 0 Å². The van der Waals surface area contributed by atoms with Crippen LogP contribution in [0.3, 0.4) is 0 Å². The molecule has 1 N–H and O–H groups in total. The molecule has 0 saturated carbocycles. The zero-order valence-electron chi connectivity index (χ0n) is 8.11. The summed E-state index contributed by atoms with van der Waals surface area (Å²) in [5, 5.41) is 7.99. The molecule has 0 radical (unpaired) electrons. The first-order valence-electron chi connectivity index (χ1n) is 4.06. The summed E-state index contributed by atoms with van der Waals surface area (Å²) in [4.78, 5) is 10.7. The highest BCUT2D eigenvalue weighted by molar-refractivity contribution is 6.43. The summed E-state index contributed by atoms with van der Waals surface area (Å²) in [6.45, 7) is 0. The van der Waals surface area contributed by atoms with Gasteiger partial charge in [0.1, 0.15) is 0 Å². The van der Waals surface area contributed by atoms with Crippen LogP contribution in [0.1, 0.15) is 14.5 Å². The van der Waals surface area contributed by atoms with E-state index in [9.17, 15) is 4.79 Å². The Hall–Kier alpha value is -0.730. The van der Waals surface area contributed by atoms with Crippen LogP contribution in [0.4, 0.5) is 0 Å². The van der Waals surface area contributed by atoms with E-state index in [4.69, 9.17) is 32.4 Å². The first-order chi connectivity index (χ1) is 6.37. The van der Waals surface area contributed by atoms with E-state index in [0.717, 1.165) is 0 Å². The Bertz CT molecular complexity index is 391. The van der Waals surface area contributed by atoms with E-state index in [-0.39, 0.29) is 10.0 Å². The molecule has 1 aromatic rings. The summed E-state index contributed by atoms with van der Waals surface area (Å²) in [6.07, 6.45) is 0. The van der Waals surface area contributed by atoms with Crippen molar-refractivity contribution in [3.63, 3.8) is 0 Å². The number of carbonyl (C=O) groups is 1. The number of hydrogen-bond donors (Lipinski definition) is 1. The molecular weight excluding hydrogens is 188 g/mol. The van der Waals surface area contributed by atoms with E-state index in [2.05, 4.69) is 0 Å². The molecule has 0 fully saturated rings. The quantitative estimate of drug-likeness (QED) is 0.699. The molecule has 4 heteroatoms. The predicted molar refractivity (Wildman–Crippen MR) is 43.4 cm³/mol.